The third-order valence-electron chi connectivity index (χ3n) is 3.51. The number of benzene rings is 1. The van der Waals surface area contributed by atoms with Gasteiger partial charge in [0.15, 0.2) is 5.92 Å². The van der Waals surface area contributed by atoms with Gasteiger partial charge in [0.05, 0.1) is 28.9 Å². The monoisotopic (exact) mass is 329 g/mol. The second-order valence-electron chi connectivity index (χ2n) is 5.04. The third kappa shape index (κ3) is 3.10. The number of nitro benzene ring substituents is 1. The maximum Gasteiger partial charge on any atom is 0.328 e. The number of nitriles is 1. The summed E-state index contributed by atoms with van der Waals surface area (Å²) in [5, 5.41) is 24.5. The van der Waals surface area contributed by atoms with Crippen molar-refractivity contribution in [3.63, 3.8) is 0 Å². The van der Waals surface area contributed by atoms with E-state index in [0.717, 1.165) is 0 Å². The normalized spacial score (nSPS) is 11.6. The lowest BCUT2D eigenvalue weighted by Crippen LogP contribution is -2.15. The SMILES string of the molecule is CCOC(=O)C(C#N)c1ccc(-c2c(C)noc2C)cc1[N+](=O)[O-]. The highest BCUT2D eigenvalue weighted by atomic mass is 16.6. The molecule has 24 heavy (non-hydrogen) atoms. The molecule has 0 spiro atoms. The number of nitrogens with zero attached hydrogens (tertiary/aromatic N) is 3. The molecule has 0 saturated carbocycles. The number of esters is 1. The minimum Gasteiger partial charge on any atom is -0.465 e. The molecular weight excluding hydrogens is 314 g/mol. The van der Waals surface area contributed by atoms with Crippen LogP contribution in [0.1, 0.15) is 29.9 Å². The van der Waals surface area contributed by atoms with Crippen LogP contribution < -0.4 is 0 Å². The molecule has 0 N–H and O–H groups in total. The topological polar surface area (TPSA) is 119 Å². The van der Waals surface area contributed by atoms with Crippen LogP contribution in [-0.4, -0.2) is 22.7 Å². The number of ether oxygens (including phenoxy) is 1. The summed E-state index contributed by atoms with van der Waals surface area (Å²) in [6.07, 6.45) is 0. The van der Waals surface area contributed by atoms with Gasteiger partial charge in [0.1, 0.15) is 5.76 Å². The fourth-order valence-electron chi connectivity index (χ4n) is 2.47. The summed E-state index contributed by atoms with van der Waals surface area (Å²) in [7, 11) is 0. The zero-order valence-electron chi connectivity index (χ0n) is 13.4. The fraction of sp³-hybridized carbons (Fsp3) is 0.312. The number of carbonyl (C=O) groups excluding carboxylic acids is 1. The Morgan fingerprint density at radius 3 is 2.71 bits per heavy atom. The minimum atomic E-state index is -1.36. The summed E-state index contributed by atoms with van der Waals surface area (Å²) >= 11 is 0. The van der Waals surface area contributed by atoms with Gasteiger partial charge in [0.25, 0.3) is 5.69 Å². The van der Waals surface area contributed by atoms with Gasteiger partial charge < -0.3 is 9.26 Å². The van der Waals surface area contributed by atoms with E-state index in [0.29, 0.717) is 22.6 Å². The largest absolute Gasteiger partial charge is 0.465 e. The Labute approximate surface area is 137 Å². The molecule has 0 saturated heterocycles. The van der Waals surface area contributed by atoms with Gasteiger partial charge in [-0.3, -0.25) is 14.9 Å². The molecule has 0 radical (unpaired) electrons. The molecule has 0 fully saturated rings. The van der Waals surface area contributed by atoms with Crippen molar-refractivity contribution in [3.05, 3.63) is 45.3 Å². The van der Waals surface area contributed by atoms with Crippen molar-refractivity contribution < 1.29 is 19.0 Å². The molecule has 0 amide bonds. The predicted molar refractivity (Wildman–Crippen MR) is 83.1 cm³/mol. The summed E-state index contributed by atoms with van der Waals surface area (Å²) in [6, 6.07) is 6.06. The Hall–Kier alpha value is -3.21. The fourth-order valence-corrected chi connectivity index (χ4v) is 2.47. The lowest BCUT2D eigenvalue weighted by Gasteiger charge is -2.10. The summed E-state index contributed by atoms with van der Waals surface area (Å²) in [6.45, 7) is 5.11. The van der Waals surface area contributed by atoms with Crippen molar-refractivity contribution in [2.45, 2.75) is 26.7 Å². The van der Waals surface area contributed by atoms with Crippen LogP contribution in [0.3, 0.4) is 0 Å². The molecule has 1 aromatic carbocycles. The van der Waals surface area contributed by atoms with Crippen LogP contribution in [0.5, 0.6) is 0 Å². The van der Waals surface area contributed by atoms with Crippen molar-refractivity contribution in [2.24, 2.45) is 0 Å². The number of aromatic nitrogens is 1. The molecule has 1 heterocycles. The minimum absolute atomic E-state index is 0.00328. The summed E-state index contributed by atoms with van der Waals surface area (Å²) in [4.78, 5) is 22.7. The van der Waals surface area contributed by atoms with Crippen molar-refractivity contribution in [3.8, 4) is 17.2 Å². The molecule has 0 aliphatic heterocycles. The van der Waals surface area contributed by atoms with Crippen LogP contribution in [0, 0.1) is 35.3 Å². The number of carbonyl (C=O) groups is 1. The van der Waals surface area contributed by atoms with Gasteiger partial charge >= 0.3 is 5.97 Å². The lowest BCUT2D eigenvalue weighted by atomic mass is 9.94. The highest BCUT2D eigenvalue weighted by molar-refractivity contribution is 5.84. The van der Waals surface area contributed by atoms with Crippen LogP contribution in [0.15, 0.2) is 22.7 Å². The first kappa shape index (κ1) is 17.1. The first-order valence-corrected chi connectivity index (χ1v) is 7.18. The Morgan fingerprint density at radius 2 is 2.21 bits per heavy atom. The number of hydrogen-bond donors (Lipinski definition) is 0. The van der Waals surface area contributed by atoms with Gasteiger partial charge in [0.2, 0.25) is 0 Å². The summed E-state index contributed by atoms with van der Waals surface area (Å²) < 4.78 is 9.89. The molecule has 1 atom stereocenters. The molecular formula is C16H15N3O5. The Bertz CT molecular complexity index is 815. The van der Waals surface area contributed by atoms with Crippen LogP contribution in [0.2, 0.25) is 0 Å². The first-order valence-electron chi connectivity index (χ1n) is 7.18. The molecule has 1 aromatic heterocycles. The number of aryl methyl sites for hydroxylation is 2. The van der Waals surface area contributed by atoms with Crippen molar-refractivity contribution >= 4 is 11.7 Å². The van der Waals surface area contributed by atoms with Crippen LogP contribution >= 0.6 is 0 Å². The average Bonchev–Trinajstić information content (AvgIpc) is 2.87. The predicted octanol–water partition coefficient (Wildman–Crippen LogP) is 3.04. The van der Waals surface area contributed by atoms with E-state index in [1.165, 1.54) is 12.1 Å². The van der Waals surface area contributed by atoms with Crippen molar-refractivity contribution in [1.82, 2.24) is 5.16 Å². The van der Waals surface area contributed by atoms with Crippen LogP contribution in [0.4, 0.5) is 5.69 Å². The Kier molecular flexibility index (Phi) is 4.94. The van der Waals surface area contributed by atoms with Gasteiger partial charge in [0, 0.05) is 11.6 Å². The molecule has 0 aliphatic rings. The van der Waals surface area contributed by atoms with Crippen LogP contribution in [-0.2, 0) is 9.53 Å². The van der Waals surface area contributed by atoms with E-state index < -0.39 is 16.8 Å². The first-order chi connectivity index (χ1) is 11.4. The zero-order chi connectivity index (χ0) is 17.9. The highest BCUT2D eigenvalue weighted by Crippen LogP contribution is 2.34. The highest BCUT2D eigenvalue weighted by Gasteiger charge is 2.30. The van der Waals surface area contributed by atoms with Gasteiger partial charge in [-0.1, -0.05) is 11.2 Å². The van der Waals surface area contributed by atoms with E-state index in [1.54, 1.807) is 32.9 Å². The molecule has 0 aliphatic carbocycles. The van der Waals surface area contributed by atoms with Gasteiger partial charge in [-0.05, 0) is 32.4 Å². The number of hydrogen-bond acceptors (Lipinski definition) is 7. The summed E-state index contributed by atoms with van der Waals surface area (Å²) in [5.74, 6) is -1.64. The summed E-state index contributed by atoms with van der Waals surface area (Å²) in [5.41, 5.74) is 1.44. The second-order valence-corrected chi connectivity index (χ2v) is 5.04. The zero-order valence-corrected chi connectivity index (χ0v) is 13.4. The average molecular weight is 329 g/mol. The van der Waals surface area contributed by atoms with E-state index in [4.69, 9.17) is 9.26 Å². The quantitative estimate of drug-likeness (QED) is 0.469. The molecule has 1 unspecified atom stereocenters. The van der Waals surface area contributed by atoms with Gasteiger partial charge in [-0.25, -0.2) is 0 Å². The lowest BCUT2D eigenvalue weighted by molar-refractivity contribution is -0.385. The molecule has 8 nitrogen and oxygen atoms in total. The van der Waals surface area contributed by atoms with Crippen LogP contribution in [0.25, 0.3) is 11.1 Å². The van der Waals surface area contributed by atoms with Crippen molar-refractivity contribution in [1.29, 1.82) is 5.26 Å². The smallest absolute Gasteiger partial charge is 0.328 e. The number of nitro groups is 1. The molecule has 2 rings (SSSR count). The maximum absolute atomic E-state index is 11.9. The third-order valence-corrected chi connectivity index (χ3v) is 3.51. The molecule has 0 bridgehead atoms. The van der Waals surface area contributed by atoms with Gasteiger partial charge in [-0.2, -0.15) is 5.26 Å². The standard InChI is InChI=1S/C16H15N3O5/c1-4-23-16(20)13(8-17)12-6-5-11(7-14(12)19(21)22)15-9(2)18-24-10(15)3/h5-7,13H,4H2,1-3H3. The van der Waals surface area contributed by atoms with Crippen molar-refractivity contribution in [2.75, 3.05) is 6.61 Å². The Balaban J connectivity index is 2.58. The number of rotatable bonds is 5. The molecule has 124 valence electrons. The molecule has 8 heteroatoms. The second kappa shape index (κ2) is 6.91. The van der Waals surface area contributed by atoms with E-state index in [2.05, 4.69) is 5.16 Å². The van der Waals surface area contributed by atoms with E-state index in [9.17, 15) is 20.2 Å². The Morgan fingerprint density at radius 1 is 1.50 bits per heavy atom. The maximum atomic E-state index is 11.9. The van der Waals surface area contributed by atoms with Gasteiger partial charge in [-0.15, -0.1) is 0 Å². The van der Waals surface area contributed by atoms with E-state index in [1.807, 2.05) is 0 Å². The van der Waals surface area contributed by atoms with E-state index >= 15 is 0 Å². The molecule has 2 aromatic rings. The van der Waals surface area contributed by atoms with E-state index in [-0.39, 0.29) is 17.9 Å².